The molecule has 0 fully saturated rings. The third-order valence-electron chi connectivity index (χ3n) is 5.41. The van der Waals surface area contributed by atoms with Crippen LogP contribution in [-0.2, 0) is 10.0 Å². The van der Waals surface area contributed by atoms with Crippen molar-refractivity contribution in [2.45, 2.75) is 19.6 Å². The molecular formula is C27H27N3O5SSi. The van der Waals surface area contributed by atoms with Gasteiger partial charge in [0.1, 0.15) is 13.8 Å². The number of aromatic nitrogens is 2. The van der Waals surface area contributed by atoms with Crippen molar-refractivity contribution in [3.63, 3.8) is 0 Å². The Kier molecular flexibility index (Phi) is 6.86. The predicted molar refractivity (Wildman–Crippen MR) is 151 cm³/mol. The van der Waals surface area contributed by atoms with Crippen molar-refractivity contribution in [3.05, 3.63) is 87.2 Å². The summed E-state index contributed by atoms with van der Waals surface area (Å²) in [7, 11) is -3.54. The molecule has 37 heavy (non-hydrogen) atoms. The fourth-order valence-corrected chi connectivity index (χ4v) is 4.91. The van der Waals surface area contributed by atoms with E-state index in [0.29, 0.717) is 22.7 Å². The molecule has 0 aliphatic carbocycles. The van der Waals surface area contributed by atoms with E-state index in [2.05, 4.69) is 40.8 Å². The Bertz CT molecular complexity index is 1810. The van der Waals surface area contributed by atoms with Gasteiger partial charge in [0.25, 0.3) is 5.56 Å². The zero-order valence-electron chi connectivity index (χ0n) is 21.2. The van der Waals surface area contributed by atoms with E-state index in [9.17, 15) is 18.0 Å². The fourth-order valence-electron chi connectivity index (χ4n) is 3.85. The minimum Gasteiger partial charge on any atom is -0.495 e. The van der Waals surface area contributed by atoms with Crippen LogP contribution >= 0.6 is 0 Å². The molecule has 0 saturated heterocycles. The first-order valence-corrected chi connectivity index (χ1v) is 16.8. The van der Waals surface area contributed by atoms with E-state index >= 15 is 0 Å². The van der Waals surface area contributed by atoms with Crippen LogP contribution in [0.4, 0.5) is 5.69 Å². The first-order chi connectivity index (χ1) is 17.3. The summed E-state index contributed by atoms with van der Waals surface area (Å²) in [4.78, 5) is 26.5. The summed E-state index contributed by atoms with van der Waals surface area (Å²) in [6, 6.07) is 15.9. The Morgan fingerprint density at radius 1 is 0.973 bits per heavy atom. The first-order valence-electron chi connectivity index (χ1n) is 11.4. The van der Waals surface area contributed by atoms with Gasteiger partial charge in [0, 0.05) is 23.5 Å². The topological polar surface area (TPSA) is 110 Å². The van der Waals surface area contributed by atoms with Gasteiger partial charge >= 0.3 is 5.69 Å². The van der Waals surface area contributed by atoms with Crippen LogP contribution in [0.15, 0.2) is 70.4 Å². The third kappa shape index (κ3) is 6.20. The van der Waals surface area contributed by atoms with Crippen molar-refractivity contribution < 1.29 is 13.2 Å². The van der Waals surface area contributed by atoms with Gasteiger partial charge in [0.15, 0.2) is 0 Å². The lowest BCUT2D eigenvalue weighted by Gasteiger charge is -2.16. The average molecular weight is 534 g/mol. The zero-order chi connectivity index (χ0) is 27.0. The van der Waals surface area contributed by atoms with Gasteiger partial charge in [0.05, 0.1) is 24.6 Å². The Hall–Kier alpha value is -4.07. The second kappa shape index (κ2) is 9.76. The number of nitrogens with zero attached hydrogens (tertiary/aromatic N) is 1. The lowest BCUT2D eigenvalue weighted by Crippen LogP contribution is -2.27. The molecule has 0 amide bonds. The molecule has 0 radical (unpaired) electrons. The third-order valence-corrected chi connectivity index (χ3v) is 6.89. The number of ether oxygens (including phenoxy) is 1. The molecular weight excluding hydrogens is 506 g/mol. The van der Waals surface area contributed by atoms with E-state index in [1.165, 1.54) is 16.8 Å². The van der Waals surface area contributed by atoms with Crippen LogP contribution in [0, 0.1) is 11.5 Å². The van der Waals surface area contributed by atoms with Gasteiger partial charge in [-0.05, 0) is 46.7 Å². The number of hydrogen-bond donors (Lipinski definition) is 2. The molecule has 10 heteroatoms. The minimum absolute atomic E-state index is 0.476. The Morgan fingerprint density at radius 3 is 2.32 bits per heavy atom. The van der Waals surface area contributed by atoms with Crippen LogP contribution in [0.1, 0.15) is 5.56 Å². The van der Waals surface area contributed by atoms with Gasteiger partial charge in [-0.3, -0.25) is 19.1 Å². The maximum atomic E-state index is 12.6. The largest absolute Gasteiger partial charge is 0.495 e. The van der Waals surface area contributed by atoms with Crippen LogP contribution in [0.25, 0.3) is 27.6 Å². The van der Waals surface area contributed by atoms with E-state index in [1.807, 2.05) is 30.3 Å². The van der Waals surface area contributed by atoms with E-state index in [-0.39, 0.29) is 0 Å². The molecule has 0 atom stereocenters. The monoisotopic (exact) mass is 533 g/mol. The fraction of sp³-hybridized carbons (Fsp3) is 0.185. The van der Waals surface area contributed by atoms with Crippen molar-refractivity contribution in [2.24, 2.45) is 0 Å². The van der Waals surface area contributed by atoms with Gasteiger partial charge in [-0.15, -0.1) is 5.54 Å². The maximum absolute atomic E-state index is 12.6. The molecule has 8 nitrogen and oxygen atoms in total. The quantitative estimate of drug-likeness (QED) is 0.298. The second-order valence-corrected chi connectivity index (χ2v) is 16.2. The summed E-state index contributed by atoms with van der Waals surface area (Å²) in [5.41, 5.74) is 5.50. The second-order valence-electron chi connectivity index (χ2n) is 9.71. The Labute approximate surface area is 216 Å². The molecule has 0 unspecified atom stereocenters. The number of rotatable bonds is 5. The molecule has 0 aliphatic rings. The van der Waals surface area contributed by atoms with Crippen LogP contribution in [0.2, 0.25) is 19.6 Å². The van der Waals surface area contributed by atoms with Gasteiger partial charge in [-0.25, -0.2) is 13.2 Å². The highest BCUT2D eigenvalue weighted by molar-refractivity contribution is 7.92. The van der Waals surface area contributed by atoms with Gasteiger partial charge in [0.2, 0.25) is 10.0 Å². The summed E-state index contributed by atoms with van der Waals surface area (Å²) in [6.45, 7) is 6.42. The first kappa shape index (κ1) is 26.0. The standard InChI is InChI=1S/C27H27N3O5SSi/c1-35-26-21(11-13-37(3,4)5)16-23(30-12-10-25(31)28-27(30)32)17-24(26)20-7-6-19-15-22(29-36(2,33)34)9-8-18(19)14-20/h6-10,12,14-17,29H,1-5H3,(H,28,31,32). The van der Waals surface area contributed by atoms with E-state index in [4.69, 9.17) is 4.74 Å². The van der Waals surface area contributed by atoms with Crippen molar-refractivity contribution in [1.29, 1.82) is 0 Å². The molecule has 1 heterocycles. The van der Waals surface area contributed by atoms with Crippen LogP contribution in [-0.4, -0.2) is 39.4 Å². The number of H-pyrrole nitrogens is 1. The number of sulfonamides is 1. The summed E-state index contributed by atoms with van der Waals surface area (Å²) in [5, 5.41) is 1.74. The van der Waals surface area contributed by atoms with Crippen molar-refractivity contribution in [3.8, 4) is 34.0 Å². The molecule has 0 spiro atoms. The highest BCUT2D eigenvalue weighted by atomic mass is 32.2. The lowest BCUT2D eigenvalue weighted by atomic mass is 9.97. The Balaban J connectivity index is 1.94. The molecule has 4 rings (SSSR count). The average Bonchev–Trinajstić information content (AvgIpc) is 2.80. The number of methoxy groups -OCH3 is 1. The summed E-state index contributed by atoms with van der Waals surface area (Å²) < 4.78 is 32.9. The van der Waals surface area contributed by atoms with Gasteiger partial charge in [-0.2, -0.15) is 0 Å². The molecule has 0 saturated carbocycles. The minimum atomic E-state index is -3.39. The van der Waals surface area contributed by atoms with E-state index in [1.54, 1.807) is 25.3 Å². The summed E-state index contributed by atoms with van der Waals surface area (Å²) >= 11 is 0. The van der Waals surface area contributed by atoms with E-state index in [0.717, 1.165) is 28.2 Å². The van der Waals surface area contributed by atoms with Gasteiger partial charge in [-0.1, -0.05) is 43.8 Å². The van der Waals surface area contributed by atoms with Crippen LogP contribution < -0.4 is 20.7 Å². The van der Waals surface area contributed by atoms with Gasteiger partial charge < -0.3 is 4.74 Å². The number of fused-ring (bicyclic) bond motifs is 1. The molecule has 190 valence electrons. The number of nitrogens with one attached hydrogen (secondary N) is 2. The van der Waals surface area contributed by atoms with Crippen molar-refractivity contribution in [1.82, 2.24) is 9.55 Å². The molecule has 0 aliphatic heterocycles. The summed E-state index contributed by atoms with van der Waals surface area (Å²) in [6.07, 6.45) is 2.54. The highest BCUT2D eigenvalue weighted by Gasteiger charge is 2.16. The molecule has 3 aromatic carbocycles. The van der Waals surface area contributed by atoms with Crippen molar-refractivity contribution >= 4 is 34.6 Å². The Morgan fingerprint density at radius 2 is 1.68 bits per heavy atom. The summed E-state index contributed by atoms with van der Waals surface area (Å²) in [5.74, 6) is 3.83. The maximum Gasteiger partial charge on any atom is 0.332 e. The van der Waals surface area contributed by atoms with Crippen LogP contribution in [0.3, 0.4) is 0 Å². The van der Waals surface area contributed by atoms with E-state index < -0.39 is 29.3 Å². The number of anilines is 1. The normalized spacial score (nSPS) is 11.6. The lowest BCUT2D eigenvalue weighted by molar-refractivity contribution is 0.415. The number of benzene rings is 3. The zero-order valence-corrected chi connectivity index (χ0v) is 23.0. The molecule has 4 aromatic rings. The smallest absolute Gasteiger partial charge is 0.332 e. The number of aromatic amines is 1. The van der Waals surface area contributed by atoms with Crippen molar-refractivity contribution in [2.75, 3.05) is 18.1 Å². The molecule has 2 N–H and O–H groups in total. The predicted octanol–water partition coefficient (Wildman–Crippen LogP) is 3.96. The van der Waals surface area contributed by atoms with Crippen LogP contribution in [0.5, 0.6) is 5.75 Å². The highest BCUT2D eigenvalue weighted by Crippen LogP contribution is 2.37. The molecule has 1 aromatic heterocycles. The molecule has 0 bridgehead atoms. The SMILES string of the molecule is COc1c(C#C[Si](C)(C)C)cc(-n2ccc(=O)[nH]c2=O)cc1-c1ccc2cc(NS(C)(=O)=O)ccc2c1. The number of hydrogen-bond acceptors (Lipinski definition) is 5.